The summed E-state index contributed by atoms with van der Waals surface area (Å²) in [7, 11) is 6.01. The van der Waals surface area contributed by atoms with E-state index >= 15 is 0 Å². The summed E-state index contributed by atoms with van der Waals surface area (Å²) in [5.74, 6) is 0.351. The molecule has 0 spiro atoms. The van der Waals surface area contributed by atoms with Crippen molar-refractivity contribution in [2.45, 2.75) is 45.1 Å². The Bertz CT molecular complexity index is 1630. The summed E-state index contributed by atoms with van der Waals surface area (Å²) in [6.45, 7) is 7.22. The fourth-order valence-electron chi connectivity index (χ4n) is 6.85. The maximum atomic E-state index is 13.2. The Morgan fingerprint density at radius 1 is 0.976 bits per heavy atom. The lowest BCUT2D eigenvalue weighted by Crippen LogP contribution is -2.48. The maximum absolute atomic E-state index is 13.2. The van der Waals surface area contributed by atoms with Crippen LogP contribution < -0.4 is 10.1 Å². The van der Waals surface area contributed by atoms with Gasteiger partial charge in [0.1, 0.15) is 11.4 Å². The van der Waals surface area contributed by atoms with Crippen LogP contribution in [0.1, 0.15) is 48.2 Å². The highest BCUT2D eigenvalue weighted by Gasteiger charge is 2.28. The molecular weight excluding hydrogens is 528 g/mol. The van der Waals surface area contributed by atoms with Crippen molar-refractivity contribution in [1.82, 2.24) is 29.6 Å². The number of nitrogens with one attached hydrogen (secondary N) is 1. The van der Waals surface area contributed by atoms with E-state index in [4.69, 9.17) is 4.74 Å². The first-order valence-electron chi connectivity index (χ1n) is 15.3. The highest BCUT2D eigenvalue weighted by Crippen LogP contribution is 2.37. The second-order valence-corrected chi connectivity index (χ2v) is 12.1. The Labute approximate surface area is 247 Å². The number of rotatable bonds is 6. The molecule has 9 heteroatoms. The first kappa shape index (κ1) is 28.4. The van der Waals surface area contributed by atoms with Crippen LogP contribution in [-0.4, -0.2) is 95.7 Å². The summed E-state index contributed by atoms with van der Waals surface area (Å²) in [6, 6.07) is 10.4. The number of piperidine rings is 2. The Hall–Kier alpha value is -3.69. The van der Waals surface area contributed by atoms with Gasteiger partial charge < -0.3 is 29.3 Å². The van der Waals surface area contributed by atoms with Crippen molar-refractivity contribution in [2.24, 2.45) is 7.05 Å². The molecule has 0 atom stereocenters. The lowest BCUT2D eigenvalue weighted by Gasteiger charge is -2.39. The van der Waals surface area contributed by atoms with Crippen LogP contribution in [0.2, 0.25) is 0 Å². The van der Waals surface area contributed by atoms with Gasteiger partial charge in [-0.2, -0.15) is 0 Å². The molecule has 4 aromatic rings. The molecule has 9 nitrogen and oxygen atoms in total. The summed E-state index contributed by atoms with van der Waals surface area (Å²) in [5, 5.41) is 6.81. The molecule has 0 aliphatic carbocycles. The van der Waals surface area contributed by atoms with E-state index in [0.717, 1.165) is 70.6 Å². The van der Waals surface area contributed by atoms with Crippen LogP contribution >= 0.6 is 0 Å². The number of ether oxygens (including phenoxy) is 1. The summed E-state index contributed by atoms with van der Waals surface area (Å²) in [5.41, 5.74) is 3.63. The maximum Gasteiger partial charge on any atom is 0.415 e. The van der Waals surface area contributed by atoms with Crippen LogP contribution in [0.25, 0.3) is 32.6 Å². The Kier molecular flexibility index (Phi) is 8.05. The molecule has 1 N–H and O–H groups in total. The second kappa shape index (κ2) is 11.9. The van der Waals surface area contributed by atoms with Crippen molar-refractivity contribution < 1.29 is 14.3 Å². The third kappa shape index (κ3) is 5.43. The number of pyridine rings is 1. The second-order valence-electron chi connectivity index (χ2n) is 12.1. The highest BCUT2D eigenvalue weighted by molar-refractivity contribution is 6.17. The van der Waals surface area contributed by atoms with E-state index in [-0.39, 0.29) is 12.0 Å². The molecule has 2 aliphatic rings. The summed E-state index contributed by atoms with van der Waals surface area (Å²) in [6.07, 6.45) is 7.34. The minimum atomic E-state index is -0.283. The molecule has 2 saturated heterocycles. The molecule has 2 amide bonds. The summed E-state index contributed by atoms with van der Waals surface area (Å²) < 4.78 is 8.10. The van der Waals surface area contributed by atoms with E-state index in [1.807, 2.05) is 48.2 Å². The molecule has 2 aliphatic heterocycles. The number of hydrogen-bond acceptors (Lipinski definition) is 6. The number of hydrogen-bond donors (Lipinski definition) is 1. The van der Waals surface area contributed by atoms with Gasteiger partial charge in [0.05, 0.1) is 5.52 Å². The smallest absolute Gasteiger partial charge is 0.410 e. The SMILES string of the molecule is Cc1c2ccnc(C(=O)NCCN(C)C)c2cc2c3cc(OC(=O)N4CCC(N5CCCCC5)CC4)ccc3n(C)c12. The zero-order chi connectivity index (χ0) is 29.4. The number of aromatic nitrogens is 2. The van der Waals surface area contributed by atoms with Crippen LogP contribution in [0.4, 0.5) is 4.79 Å². The number of amides is 2. The number of carbonyl (C=O) groups excluding carboxylic acids is 2. The van der Waals surface area contributed by atoms with E-state index in [0.29, 0.717) is 24.0 Å². The molecule has 222 valence electrons. The number of fused-ring (bicyclic) bond motifs is 4. The van der Waals surface area contributed by atoms with Crippen molar-refractivity contribution >= 4 is 44.6 Å². The van der Waals surface area contributed by atoms with Crippen molar-refractivity contribution in [3.8, 4) is 5.75 Å². The normalized spacial score (nSPS) is 17.0. The topological polar surface area (TPSA) is 82.9 Å². The Morgan fingerprint density at radius 3 is 2.48 bits per heavy atom. The van der Waals surface area contributed by atoms with Gasteiger partial charge in [-0.15, -0.1) is 0 Å². The monoisotopic (exact) mass is 570 g/mol. The van der Waals surface area contributed by atoms with Crippen molar-refractivity contribution in [1.29, 1.82) is 0 Å². The van der Waals surface area contributed by atoms with Crippen molar-refractivity contribution in [3.63, 3.8) is 0 Å². The minimum Gasteiger partial charge on any atom is -0.410 e. The number of carbonyl (C=O) groups is 2. The standard InChI is InChI=1S/C33H42N6O3/c1-22-25-10-13-34-30(32(40)35-14-19-36(2)3)27(25)21-28-26-20-24(8-9-29(26)37(4)31(22)28)42-33(41)39-17-11-23(12-18-39)38-15-6-5-7-16-38/h8-10,13,20-21,23H,5-7,11-12,14-19H2,1-4H3,(H,35,40). The van der Waals surface area contributed by atoms with Gasteiger partial charge in [-0.1, -0.05) is 6.42 Å². The van der Waals surface area contributed by atoms with Gasteiger partial charge >= 0.3 is 6.09 Å². The molecule has 0 radical (unpaired) electrons. The third-order valence-corrected chi connectivity index (χ3v) is 9.14. The van der Waals surface area contributed by atoms with Crippen LogP contribution in [-0.2, 0) is 7.05 Å². The van der Waals surface area contributed by atoms with Crippen LogP contribution in [0, 0.1) is 6.92 Å². The zero-order valence-electron chi connectivity index (χ0n) is 25.3. The number of aryl methyl sites for hydroxylation is 2. The fraction of sp³-hybridized carbons (Fsp3) is 0.485. The molecule has 0 unspecified atom stereocenters. The van der Waals surface area contributed by atoms with Gasteiger partial charge in [0, 0.05) is 67.1 Å². The van der Waals surface area contributed by atoms with Gasteiger partial charge in [0.2, 0.25) is 0 Å². The fourth-order valence-corrected chi connectivity index (χ4v) is 6.85. The molecule has 42 heavy (non-hydrogen) atoms. The summed E-state index contributed by atoms with van der Waals surface area (Å²) >= 11 is 0. The van der Waals surface area contributed by atoms with Crippen LogP contribution in [0.5, 0.6) is 5.75 Å². The average molecular weight is 571 g/mol. The van der Waals surface area contributed by atoms with E-state index < -0.39 is 0 Å². The molecular formula is C33H42N6O3. The molecule has 2 fully saturated rings. The zero-order valence-corrected chi connectivity index (χ0v) is 25.3. The Balaban J connectivity index is 1.26. The van der Waals surface area contributed by atoms with Gasteiger partial charge in [0.25, 0.3) is 5.91 Å². The molecule has 0 saturated carbocycles. The van der Waals surface area contributed by atoms with E-state index in [2.05, 4.69) is 39.8 Å². The first-order valence-corrected chi connectivity index (χ1v) is 15.3. The van der Waals surface area contributed by atoms with Crippen LogP contribution in [0.3, 0.4) is 0 Å². The molecule has 6 rings (SSSR count). The Morgan fingerprint density at radius 2 is 1.74 bits per heavy atom. The van der Waals surface area contributed by atoms with Gasteiger partial charge in [-0.05, 0) is 101 Å². The summed E-state index contributed by atoms with van der Waals surface area (Å²) in [4.78, 5) is 37.3. The number of likely N-dealkylation sites (tertiary alicyclic amines) is 2. The largest absolute Gasteiger partial charge is 0.415 e. The molecule has 2 aromatic carbocycles. The van der Waals surface area contributed by atoms with Crippen LogP contribution in [0.15, 0.2) is 36.5 Å². The number of nitrogens with zero attached hydrogens (tertiary/aromatic N) is 5. The van der Waals surface area contributed by atoms with E-state index in [1.54, 1.807) is 6.20 Å². The predicted octanol–water partition coefficient (Wildman–Crippen LogP) is 4.93. The van der Waals surface area contributed by atoms with E-state index in [9.17, 15) is 9.59 Å². The van der Waals surface area contributed by atoms with E-state index in [1.165, 1.54) is 32.4 Å². The van der Waals surface area contributed by atoms with Gasteiger partial charge in [-0.3, -0.25) is 9.78 Å². The molecule has 2 aromatic heterocycles. The molecule has 0 bridgehead atoms. The highest BCUT2D eigenvalue weighted by atomic mass is 16.6. The number of benzene rings is 2. The minimum absolute atomic E-state index is 0.180. The predicted molar refractivity (Wildman–Crippen MR) is 167 cm³/mol. The first-order chi connectivity index (χ1) is 20.3. The number of likely N-dealkylation sites (N-methyl/N-ethyl adjacent to an activating group) is 1. The van der Waals surface area contributed by atoms with Gasteiger partial charge in [0.15, 0.2) is 0 Å². The lowest BCUT2D eigenvalue weighted by molar-refractivity contribution is 0.0878. The molecule has 4 heterocycles. The lowest BCUT2D eigenvalue weighted by atomic mass is 10.00. The van der Waals surface area contributed by atoms with Crippen molar-refractivity contribution in [2.75, 3.05) is 53.4 Å². The van der Waals surface area contributed by atoms with Gasteiger partial charge in [-0.25, -0.2) is 4.79 Å². The quantitative estimate of drug-likeness (QED) is 0.354. The third-order valence-electron chi connectivity index (χ3n) is 9.14. The average Bonchev–Trinajstić information content (AvgIpc) is 3.28. The van der Waals surface area contributed by atoms with Crippen molar-refractivity contribution in [3.05, 3.63) is 47.8 Å².